The summed E-state index contributed by atoms with van der Waals surface area (Å²) in [4.78, 5) is 35.1. The zero-order valence-corrected chi connectivity index (χ0v) is 16.4. The Hall–Kier alpha value is -2.51. The van der Waals surface area contributed by atoms with E-state index >= 15 is 0 Å². The summed E-state index contributed by atoms with van der Waals surface area (Å²) in [6, 6.07) is 10.2. The molecular formula is C21H26N4O3. The highest BCUT2D eigenvalue weighted by atomic mass is 16.5. The molecule has 3 heterocycles. The summed E-state index contributed by atoms with van der Waals surface area (Å²) in [6.07, 6.45) is 3.11. The average Bonchev–Trinajstić information content (AvgIpc) is 2.89. The first-order valence-corrected chi connectivity index (χ1v) is 9.70. The molecule has 2 fully saturated rings. The SMILES string of the molecule is COCCN1C(=O)N(C)C(=O)C12CCN(Cc1ccc3ncccc3c1)CC2. The molecule has 1 aromatic heterocycles. The third-order valence-corrected chi connectivity index (χ3v) is 6.01. The maximum absolute atomic E-state index is 12.9. The normalized spacial score (nSPS) is 19.9. The van der Waals surface area contributed by atoms with E-state index < -0.39 is 5.54 Å². The minimum atomic E-state index is -0.714. The molecule has 2 aromatic rings. The molecule has 28 heavy (non-hydrogen) atoms. The number of likely N-dealkylation sites (tertiary alicyclic amines) is 1. The van der Waals surface area contributed by atoms with Crippen LogP contribution in [-0.2, 0) is 16.1 Å². The van der Waals surface area contributed by atoms with Crippen molar-refractivity contribution in [3.05, 3.63) is 42.1 Å². The Kier molecular flexibility index (Phi) is 5.03. The van der Waals surface area contributed by atoms with E-state index in [2.05, 4.69) is 34.1 Å². The van der Waals surface area contributed by atoms with Crippen molar-refractivity contribution >= 4 is 22.8 Å². The minimum absolute atomic E-state index is 0.0787. The van der Waals surface area contributed by atoms with Gasteiger partial charge < -0.3 is 9.64 Å². The molecule has 0 saturated carbocycles. The van der Waals surface area contributed by atoms with Crippen LogP contribution in [0.4, 0.5) is 4.79 Å². The highest BCUT2D eigenvalue weighted by molar-refractivity contribution is 6.06. The van der Waals surface area contributed by atoms with E-state index in [1.54, 1.807) is 25.3 Å². The topological polar surface area (TPSA) is 66.0 Å². The van der Waals surface area contributed by atoms with Crippen molar-refractivity contribution in [2.75, 3.05) is 40.4 Å². The summed E-state index contributed by atoms with van der Waals surface area (Å²) >= 11 is 0. The van der Waals surface area contributed by atoms with Gasteiger partial charge in [-0.05, 0) is 36.6 Å². The number of methoxy groups -OCH3 is 1. The number of nitrogens with zero attached hydrogens (tertiary/aromatic N) is 4. The Morgan fingerprint density at radius 2 is 1.96 bits per heavy atom. The summed E-state index contributed by atoms with van der Waals surface area (Å²) in [5, 5.41) is 1.14. The number of piperidine rings is 1. The van der Waals surface area contributed by atoms with Gasteiger partial charge in [-0.3, -0.25) is 19.6 Å². The molecule has 0 bridgehead atoms. The van der Waals surface area contributed by atoms with Crippen LogP contribution in [0.15, 0.2) is 36.5 Å². The van der Waals surface area contributed by atoms with Gasteiger partial charge in [0.05, 0.1) is 12.1 Å². The third-order valence-electron chi connectivity index (χ3n) is 6.01. The van der Waals surface area contributed by atoms with Crippen molar-refractivity contribution < 1.29 is 14.3 Å². The summed E-state index contributed by atoms with van der Waals surface area (Å²) in [7, 11) is 3.19. The van der Waals surface area contributed by atoms with E-state index in [4.69, 9.17) is 4.74 Å². The molecule has 1 spiro atoms. The largest absolute Gasteiger partial charge is 0.383 e. The number of aromatic nitrogens is 1. The molecule has 2 saturated heterocycles. The molecule has 7 heteroatoms. The lowest BCUT2D eigenvalue weighted by Crippen LogP contribution is -2.57. The van der Waals surface area contributed by atoms with E-state index in [0.717, 1.165) is 30.5 Å². The van der Waals surface area contributed by atoms with Crippen LogP contribution in [0.1, 0.15) is 18.4 Å². The molecule has 0 atom stereocenters. The number of hydrogen-bond acceptors (Lipinski definition) is 5. The maximum atomic E-state index is 12.9. The molecule has 2 aliphatic heterocycles. The van der Waals surface area contributed by atoms with Gasteiger partial charge in [0.2, 0.25) is 0 Å². The summed E-state index contributed by atoms with van der Waals surface area (Å²) in [6.45, 7) is 3.27. The second kappa shape index (κ2) is 7.48. The van der Waals surface area contributed by atoms with Crippen LogP contribution in [0, 0.1) is 0 Å². The fourth-order valence-corrected chi connectivity index (χ4v) is 4.42. The quantitative estimate of drug-likeness (QED) is 0.741. The standard InChI is InChI=1S/C21H26N4O3/c1-23-19(26)21(25(20(23)27)12-13-28-2)7-10-24(11-8-21)15-16-5-6-18-17(14-16)4-3-9-22-18/h3-6,9,14H,7-8,10-13,15H2,1-2H3. The molecule has 148 valence electrons. The summed E-state index contributed by atoms with van der Waals surface area (Å²) in [5.74, 6) is -0.0787. The van der Waals surface area contributed by atoms with Crippen molar-refractivity contribution in [2.24, 2.45) is 0 Å². The Bertz CT molecular complexity index is 892. The molecule has 0 unspecified atom stereocenters. The zero-order valence-electron chi connectivity index (χ0n) is 16.4. The number of pyridine rings is 1. The Labute approximate surface area is 164 Å². The molecule has 7 nitrogen and oxygen atoms in total. The van der Waals surface area contributed by atoms with Gasteiger partial charge in [0.15, 0.2) is 0 Å². The second-order valence-electron chi connectivity index (χ2n) is 7.63. The van der Waals surface area contributed by atoms with Gasteiger partial charge in [-0.1, -0.05) is 12.1 Å². The lowest BCUT2D eigenvalue weighted by atomic mass is 9.85. The van der Waals surface area contributed by atoms with Crippen LogP contribution < -0.4 is 0 Å². The van der Waals surface area contributed by atoms with Gasteiger partial charge in [-0.15, -0.1) is 0 Å². The Morgan fingerprint density at radius 1 is 1.18 bits per heavy atom. The number of hydrogen-bond donors (Lipinski definition) is 0. The van der Waals surface area contributed by atoms with E-state index in [-0.39, 0.29) is 11.9 Å². The number of carbonyl (C=O) groups is 2. The van der Waals surface area contributed by atoms with Crippen LogP contribution in [0.25, 0.3) is 10.9 Å². The van der Waals surface area contributed by atoms with Gasteiger partial charge in [0.25, 0.3) is 5.91 Å². The maximum Gasteiger partial charge on any atom is 0.327 e. The van der Waals surface area contributed by atoms with E-state index in [0.29, 0.717) is 26.0 Å². The molecule has 4 rings (SSSR count). The van der Waals surface area contributed by atoms with Crippen molar-refractivity contribution in [1.82, 2.24) is 19.7 Å². The fourth-order valence-electron chi connectivity index (χ4n) is 4.42. The Morgan fingerprint density at radius 3 is 2.71 bits per heavy atom. The minimum Gasteiger partial charge on any atom is -0.383 e. The first-order chi connectivity index (χ1) is 13.5. The number of imide groups is 1. The first-order valence-electron chi connectivity index (χ1n) is 9.70. The van der Waals surface area contributed by atoms with Crippen LogP contribution in [0.3, 0.4) is 0 Å². The van der Waals surface area contributed by atoms with Crippen LogP contribution in [0.2, 0.25) is 0 Å². The van der Waals surface area contributed by atoms with Crippen LogP contribution in [-0.4, -0.2) is 77.6 Å². The molecule has 2 aliphatic rings. The molecule has 0 aliphatic carbocycles. The molecule has 0 radical (unpaired) electrons. The number of rotatable bonds is 5. The second-order valence-corrected chi connectivity index (χ2v) is 7.63. The fraction of sp³-hybridized carbons (Fsp3) is 0.476. The number of carbonyl (C=O) groups excluding carboxylic acids is 2. The van der Waals surface area contributed by atoms with Gasteiger partial charge in [0.1, 0.15) is 5.54 Å². The average molecular weight is 382 g/mol. The number of amides is 3. The predicted octanol–water partition coefficient (Wildman–Crippen LogP) is 2.11. The lowest BCUT2D eigenvalue weighted by molar-refractivity contribution is -0.135. The summed E-state index contributed by atoms with van der Waals surface area (Å²) < 4.78 is 5.15. The van der Waals surface area contributed by atoms with Gasteiger partial charge >= 0.3 is 6.03 Å². The van der Waals surface area contributed by atoms with Crippen LogP contribution >= 0.6 is 0 Å². The number of ether oxygens (including phenoxy) is 1. The van der Waals surface area contributed by atoms with E-state index in [1.807, 2.05) is 6.07 Å². The smallest absolute Gasteiger partial charge is 0.327 e. The first kappa shape index (κ1) is 18.8. The number of likely N-dealkylation sites (N-methyl/N-ethyl adjacent to an activating group) is 1. The zero-order chi connectivity index (χ0) is 19.7. The monoisotopic (exact) mass is 382 g/mol. The van der Waals surface area contributed by atoms with Crippen molar-refractivity contribution in [3.63, 3.8) is 0 Å². The summed E-state index contributed by atoms with van der Waals surface area (Å²) in [5.41, 5.74) is 1.52. The molecular weight excluding hydrogens is 356 g/mol. The van der Waals surface area contributed by atoms with Gasteiger partial charge in [-0.2, -0.15) is 0 Å². The van der Waals surface area contributed by atoms with Crippen LogP contribution in [0.5, 0.6) is 0 Å². The molecule has 0 N–H and O–H groups in total. The molecule has 1 aromatic carbocycles. The Balaban J connectivity index is 1.46. The van der Waals surface area contributed by atoms with Gasteiger partial charge in [0, 0.05) is 51.9 Å². The third kappa shape index (κ3) is 3.14. The van der Waals surface area contributed by atoms with E-state index in [1.165, 1.54) is 10.5 Å². The number of urea groups is 1. The predicted molar refractivity (Wildman–Crippen MR) is 106 cm³/mol. The van der Waals surface area contributed by atoms with E-state index in [9.17, 15) is 9.59 Å². The van der Waals surface area contributed by atoms with Crippen molar-refractivity contribution in [3.8, 4) is 0 Å². The lowest BCUT2D eigenvalue weighted by Gasteiger charge is -2.42. The highest BCUT2D eigenvalue weighted by Gasteiger charge is 2.56. The highest BCUT2D eigenvalue weighted by Crippen LogP contribution is 2.36. The molecule has 3 amide bonds. The number of fused-ring (bicyclic) bond motifs is 1. The number of benzene rings is 1. The van der Waals surface area contributed by atoms with Crippen molar-refractivity contribution in [1.29, 1.82) is 0 Å². The van der Waals surface area contributed by atoms with Crippen molar-refractivity contribution in [2.45, 2.75) is 24.9 Å². The van der Waals surface area contributed by atoms with Gasteiger partial charge in [-0.25, -0.2) is 4.79 Å².